The van der Waals surface area contributed by atoms with Gasteiger partial charge in [-0.1, -0.05) is 42.0 Å². The third-order valence-corrected chi connectivity index (χ3v) is 6.36. The van der Waals surface area contributed by atoms with Crippen LogP contribution in [-0.4, -0.2) is 49.6 Å². The molecule has 7 heteroatoms. The lowest BCUT2D eigenvalue weighted by Gasteiger charge is -2.19. The summed E-state index contributed by atoms with van der Waals surface area (Å²) in [7, 11) is 0. The third kappa shape index (κ3) is 6.84. The number of amides is 1. The number of hydrogen-bond acceptors (Lipinski definition) is 6. The lowest BCUT2D eigenvalue weighted by molar-refractivity contribution is -0.122. The van der Waals surface area contributed by atoms with E-state index in [4.69, 9.17) is 23.9 Å². The molecule has 1 amide bonds. The number of amidine groups is 1. The van der Waals surface area contributed by atoms with Gasteiger partial charge < -0.3 is 18.9 Å². The first-order chi connectivity index (χ1) is 19.5. The fourth-order valence-corrected chi connectivity index (χ4v) is 4.49. The molecule has 0 N–H and O–H groups in total. The second-order valence-corrected chi connectivity index (χ2v) is 9.26. The lowest BCUT2D eigenvalue weighted by Crippen LogP contribution is -2.34. The number of aliphatic imine (C=N–C) groups is 1. The highest BCUT2D eigenvalue weighted by Gasteiger charge is 2.31. The molecule has 0 fully saturated rings. The van der Waals surface area contributed by atoms with Crippen molar-refractivity contribution in [2.45, 2.75) is 41.0 Å². The van der Waals surface area contributed by atoms with Crippen molar-refractivity contribution in [3.8, 4) is 23.0 Å². The molecule has 0 atom stereocenters. The summed E-state index contributed by atoms with van der Waals surface area (Å²) in [5.74, 6) is 3.25. The third-order valence-electron chi connectivity index (χ3n) is 6.36. The first-order valence-corrected chi connectivity index (χ1v) is 13.9. The van der Waals surface area contributed by atoms with Crippen molar-refractivity contribution in [2.75, 3.05) is 33.0 Å². The SMILES string of the molecule is CCOc1ccc(/C=C2/N=C(c3ccc(C)cc3)N(CCc3ccc(OCC)c(OCC)c3)C2=O)cc1OCC. The number of nitrogens with zero attached hydrogens (tertiary/aromatic N) is 2. The van der Waals surface area contributed by atoms with E-state index in [1.54, 1.807) is 11.0 Å². The van der Waals surface area contributed by atoms with E-state index in [1.807, 2.05) is 95.3 Å². The Bertz CT molecular complexity index is 1380. The Morgan fingerprint density at radius 1 is 0.725 bits per heavy atom. The zero-order valence-corrected chi connectivity index (χ0v) is 24.0. The monoisotopic (exact) mass is 542 g/mol. The van der Waals surface area contributed by atoms with E-state index in [1.165, 1.54) is 0 Å². The van der Waals surface area contributed by atoms with Gasteiger partial charge in [-0.2, -0.15) is 0 Å². The van der Waals surface area contributed by atoms with Gasteiger partial charge in [-0.3, -0.25) is 9.69 Å². The van der Waals surface area contributed by atoms with Crippen molar-refractivity contribution in [2.24, 2.45) is 4.99 Å². The van der Waals surface area contributed by atoms with E-state index in [-0.39, 0.29) is 5.91 Å². The van der Waals surface area contributed by atoms with E-state index in [0.29, 0.717) is 68.2 Å². The predicted molar refractivity (Wildman–Crippen MR) is 159 cm³/mol. The van der Waals surface area contributed by atoms with Crippen LogP contribution in [0.25, 0.3) is 6.08 Å². The summed E-state index contributed by atoms with van der Waals surface area (Å²) in [5, 5.41) is 0. The molecule has 0 bridgehead atoms. The van der Waals surface area contributed by atoms with Crippen molar-refractivity contribution in [3.05, 3.63) is 88.6 Å². The maximum Gasteiger partial charge on any atom is 0.278 e. The Morgan fingerprint density at radius 3 is 1.93 bits per heavy atom. The van der Waals surface area contributed by atoms with Crippen LogP contribution in [0.4, 0.5) is 0 Å². The maximum atomic E-state index is 13.7. The van der Waals surface area contributed by atoms with Crippen LogP contribution in [0, 0.1) is 6.92 Å². The van der Waals surface area contributed by atoms with Gasteiger partial charge in [-0.05, 0) is 82.5 Å². The van der Waals surface area contributed by atoms with Crippen molar-refractivity contribution in [1.82, 2.24) is 4.90 Å². The molecule has 1 aliphatic rings. The zero-order valence-electron chi connectivity index (χ0n) is 24.0. The fourth-order valence-electron chi connectivity index (χ4n) is 4.49. The van der Waals surface area contributed by atoms with Crippen LogP contribution in [0.3, 0.4) is 0 Å². The molecule has 40 heavy (non-hydrogen) atoms. The van der Waals surface area contributed by atoms with Crippen LogP contribution < -0.4 is 18.9 Å². The molecule has 0 saturated heterocycles. The number of carbonyl (C=O) groups is 1. The number of rotatable bonds is 13. The second kappa shape index (κ2) is 13.7. The van der Waals surface area contributed by atoms with Gasteiger partial charge in [-0.25, -0.2) is 4.99 Å². The Kier molecular flexibility index (Phi) is 9.84. The van der Waals surface area contributed by atoms with Gasteiger partial charge in [0.05, 0.1) is 26.4 Å². The van der Waals surface area contributed by atoms with Crippen LogP contribution in [0.15, 0.2) is 71.4 Å². The minimum absolute atomic E-state index is 0.140. The molecule has 3 aromatic carbocycles. The first-order valence-electron chi connectivity index (χ1n) is 13.9. The topological polar surface area (TPSA) is 69.6 Å². The molecule has 3 aromatic rings. The van der Waals surface area contributed by atoms with Gasteiger partial charge in [-0.15, -0.1) is 0 Å². The quantitative estimate of drug-likeness (QED) is 0.232. The minimum atomic E-state index is -0.140. The van der Waals surface area contributed by atoms with Crippen LogP contribution in [-0.2, 0) is 11.2 Å². The zero-order chi connectivity index (χ0) is 28.5. The van der Waals surface area contributed by atoms with Gasteiger partial charge in [0.2, 0.25) is 0 Å². The molecule has 7 nitrogen and oxygen atoms in total. The molecule has 4 rings (SSSR count). The minimum Gasteiger partial charge on any atom is -0.490 e. The maximum absolute atomic E-state index is 13.7. The fraction of sp³-hybridized carbons (Fsp3) is 0.333. The Morgan fingerprint density at radius 2 is 1.30 bits per heavy atom. The molecule has 0 spiro atoms. The largest absolute Gasteiger partial charge is 0.490 e. The van der Waals surface area contributed by atoms with Crippen molar-refractivity contribution < 1.29 is 23.7 Å². The standard InChI is InChI=1S/C33H38N2O5/c1-6-37-28-16-12-24(21-30(28)39-8-3)18-19-35-32(26-14-10-23(5)11-15-26)34-27(33(35)36)20-25-13-17-29(38-7-2)31(22-25)40-9-4/h10-17,20-22H,6-9,18-19H2,1-5H3/b27-20+. The summed E-state index contributed by atoms with van der Waals surface area (Å²) in [6.45, 7) is 12.4. The number of benzene rings is 3. The summed E-state index contributed by atoms with van der Waals surface area (Å²) in [6.07, 6.45) is 2.44. The predicted octanol–water partition coefficient (Wildman–Crippen LogP) is 6.46. The Labute approximate surface area is 237 Å². The van der Waals surface area contributed by atoms with Gasteiger partial charge in [0.15, 0.2) is 23.0 Å². The summed E-state index contributed by atoms with van der Waals surface area (Å²) < 4.78 is 23.0. The summed E-state index contributed by atoms with van der Waals surface area (Å²) in [5.41, 5.74) is 4.28. The van der Waals surface area contributed by atoms with Gasteiger partial charge in [0, 0.05) is 12.1 Å². The average molecular weight is 543 g/mol. The van der Waals surface area contributed by atoms with Crippen LogP contribution >= 0.6 is 0 Å². The van der Waals surface area contributed by atoms with E-state index >= 15 is 0 Å². The molecular weight excluding hydrogens is 504 g/mol. The Hall–Kier alpha value is -4.26. The molecule has 0 saturated carbocycles. The Balaban J connectivity index is 1.64. The molecule has 1 heterocycles. The summed E-state index contributed by atoms with van der Waals surface area (Å²) in [6, 6.07) is 19.7. The molecular formula is C33H38N2O5. The van der Waals surface area contributed by atoms with Crippen molar-refractivity contribution in [3.63, 3.8) is 0 Å². The molecule has 0 aromatic heterocycles. The van der Waals surface area contributed by atoms with Crippen molar-refractivity contribution >= 4 is 17.8 Å². The molecule has 1 aliphatic heterocycles. The smallest absolute Gasteiger partial charge is 0.278 e. The molecule has 0 unspecified atom stereocenters. The highest BCUT2D eigenvalue weighted by Crippen LogP contribution is 2.32. The molecule has 0 aliphatic carbocycles. The van der Waals surface area contributed by atoms with Crippen LogP contribution in [0.1, 0.15) is 49.9 Å². The number of ether oxygens (including phenoxy) is 4. The van der Waals surface area contributed by atoms with Crippen molar-refractivity contribution in [1.29, 1.82) is 0 Å². The van der Waals surface area contributed by atoms with E-state index in [2.05, 4.69) is 0 Å². The van der Waals surface area contributed by atoms with Gasteiger partial charge >= 0.3 is 0 Å². The highest BCUT2D eigenvalue weighted by atomic mass is 16.5. The summed E-state index contributed by atoms with van der Waals surface area (Å²) in [4.78, 5) is 20.3. The molecule has 0 radical (unpaired) electrons. The van der Waals surface area contributed by atoms with E-state index in [9.17, 15) is 4.79 Å². The lowest BCUT2D eigenvalue weighted by atomic mass is 10.1. The number of hydrogen-bond donors (Lipinski definition) is 0. The first kappa shape index (κ1) is 28.7. The average Bonchev–Trinajstić information content (AvgIpc) is 3.25. The van der Waals surface area contributed by atoms with E-state index < -0.39 is 0 Å². The highest BCUT2D eigenvalue weighted by molar-refractivity contribution is 6.19. The molecule has 210 valence electrons. The second-order valence-electron chi connectivity index (χ2n) is 9.26. The number of aryl methyl sites for hydroxylation is 1. The van der Waals surface area contributed by atoms with Gasteiger partial charge in [0.1, 0.15) is 11.5 Å². The van der Waals surface area contributed by atoms with Crippen LogP contribution in [0.5, 0.6) is 23.0 Å². The number of carbonyl (C=O) groups excluding carboxylic acids is 1. The van der Waals surface area contributed by atoms with Crippen LogP contribution in [0.2, 0.25) is 0 Å². The van der Waals surface area contributed by atoms with Gasteiger partial charge in [0.25, 0.3) is 5.91 Å². The van der Waals surface area contributed by atoms with E-state index in [0.717, 1.165) is 28.0 Å². The summed E-state index contributed by atoms with van der Waals surface area (Å²) >= 11 is 0. The normalized spacial score (nSPS) is 13.9.